The number of aryl methyl sites for hydroxylation is 1. The molecule has 3 rings (SSSR count). The number of hydrogen-bond donors (Lipinski definition) is 1. The summed E-state index contributed by atoms with van der Waals surface area (Å²) in [5.41, 5.74) is 3.06. The molecule has 0 bridgehead atoms. The SMILES string of the molecule is COc1cccc(CNC(=O)c2cn3ccc(C)cc3n2)c1OC. The Kier molecular flexibility index (Phi) is 4.37. The summed E-state index contributed by atoms with van der Waals surface area (Å²) in [4.78, 5) is 16.7. The van der Waals surface area contributed by atoms with Gasteiger partial charge in [-0.25, -0.2) is 4.98 Å². The minimum atomic E-state index is -0.235. The van der Waals surface area contributed by atoms with E-state index >= 15 is 0 Å². The van der Waals surface area contributed by atoms with Gasteiger partial charge in [0.15, 0.2) is 11.5 Å². The summed E-state index contributed by atoms with van der Waals surface area (Å²) in [7, 11) is 3.16. The Bertz CT molecular complexity index is 886. The third-order valence-corrected chi connectivity index (χ3v) is 3.77. The highest BCUT2D eigenvalue weighted by Gasteiger charge is 2.13. The van der Waals surface area contributed by atoms with Crippen LogP contribution in [0, 0.1) is 6.92 Å². The fourth-order valence-electron chi connectivity index (χ4n) is 2.55. The van der Waals surface area contributed by atoms with Gasteiger partial charge < -0.3 is 19.2 Å². The number of rotatable bonds is 5. The second-order valence-electron chi connectivity index (χ2n) is 5.43. The molecule has 6 nitrogen and oxygen atoms in total. The molecule has 24 heavy (non-hydrogen) atoms. The monoisotopic (exact) mass is 325 g/mol. The maximum Gasteiger partial charge on any atom is 0.271 e. The van der Waals surface area contributed by atoms with Crippen molar-refractivity contribution in [1.29, 1.82) is 0 Å². The van der Waals surface area contributed by atoms with Crippen LogP contribution in [0.4, 0.5) is 0 Å². The molecule has 0 saturated carbocycles. The molecule has 0 spiro atoms. The summed E-state index contributed by atoms with van der Waals surface area (Å²) in [6.07, 6.45) is 3.60. The molecule has 0 radical (unpaired) electrons. The molecule has 0 aliphatic carbocycles. The summed E-state index contributed by atoms with van der Waals surface area (Å²) in [5.74, 6) is 1.01. The van der Waals surface area contributed by atoms with Crippen molar-refractivity contribution in [2.75, 3.05) is 14.2 Å². The van der Waals surface area contributed by atoms with Crippen LogP contribution in [-0.4, -0.2) is 29.5 Å². The maximum absolute atomic E-state index is 12.4. The highest BCUT2D eigenvalue weighted by atomic mass is 16.5. The van der Waals surface area contributed by atoms with Gasteiger partial charge in [0.1, 0.15) is 11.3 Å². The Hall–Kier alpha value is -3.02. The lowest BCUT2D eigenvalue weighted by Crippen LogP contribution is -2.23. The van der Waals surface area contributed by atoms with E-state index in [-0.39, 0.29) is 5.91 Å². The topological polar surface area (TPSA) is 64.9 Å². The number of para-hydroxylation sites is 1. The van der Waals surface area contributed by atoms with Crippen LogP contribution >= 0.6 is 0 Å². The number of ether oxygens (including phenoxy) is 2. The summed E-state index contributed by atoms with van der Waals surface area (Å²) in [6, 6.07) is 9.46. The lowest BCUT2D eigenvalue weighted by molar-refractivity contribution is 0.0946. The van der Waals surface area contributed by atoms with Gasteiger partial charge in [0.25, 0.3) is 5.91 Å². The summed E-state index contributed by atoms with van der Waals surface area (Å²) >= 11 is 0. The number of nitrogens with zero attached hydrogens (tertiary/aromatic N) is 2. The van der Waals surface area contributed by atoms with Gasteiger partial charge in [0.2, 0.25) is 0 Å². The standard InChI is InChI=1S/C18H19N3O3/c1-12-7-8-21-11-14(20-16(21)9-12)18(22)19-10-13-5-4-6-15(23-2)17(13)24-3/h4-9,11H,10H2,1-3H3,(H,19,22). The number of hydrogen-bond acceptors (Lipinski definition) is 4. The quantitative estimate of drug-likeness (QED) is 0.783. The number of methoxy groups -OCH3 is 2. The number of amides is 1. The Labute approximate surface area is 140 Å². The van der Waals surface area contributed by atoms with Crippen LogP contribution in [0.15, 0.2) is 42.7 Å². The molecule has 124 valence electrons. The third kappa shape index (κ3) is 3.03. The van der Waals surface area contributed by atoms with E-state index in [0.29, 0.717) is 23.7 Å². The van der Waals surface area contributed by atoms with Gasteiger partial charge in [-0.1, -0.05) is 12.1 Å². The molecule has 2 aromatic heterocycles. The van der Waals surface area contributed by atoms with Gasteiger partial charge >= 0.3 is 0 Å². The number of benzene rings is 1. The number of carbonyl (C=O) groups excluding carboxylic acids is 1. The molecular formula is C18H19N3O3. The Morgan fingerprint density at radius 3 is 2.83 bits per heavy atom. The Balaban J connectivity index is 1.77. The number of aromatic nitrogens is 2. The predicted octanol–water partition coefficient (Wildman–Crippen LogP) is 2.59. The largest absolute Gasteiger partial charge is 0.493 e. The van der Waals surface area contributed by atoms with Crippen molar-refractivity contribution in [3.63, 3.8) is 0 Å². The molecule has 2 heterocycles. The van der Waals surface area contributed by atoms with Gasteiger partial charge in [-0.05, 0) is 30.7 Å². The first-order valence-corrected chi connectivity index (χ1v) is 7.56. The molecule has 0 aliphatic heterocycles. The lowest BCUT2D eigenvalue weighted by Gasteiger charge is -2.12. The first kappa shape index (κ1) is 15.9. The van der Waals surface area contributed by atoms with Gasteiger partial charge in [0, 0.05) is 24.5 Å². The summed E-state index contributed by atoms with van der Waals surface area (Å²) < 4.78 is 12.5. The van der Waals surface area contributed by atoms with E-state index in [0.717, 1.165) is 16.8 Å². The van der Waals surface area contributed by atoms with E-state index in [1.165, 1.54) is 0 Å². The number of nitrogens with one attached hydrogen (secondary N) is 1. The van der Waals surface area contributed by atoms with Crippen molar-refractivity contribution >= 4 is 11.6 Å². The van der Waals surface area contributed by atoms with Crippen LogP contribution in [0.5, 0.6) is 11.5 Å². The molecule has 1 amide bonds. The van der Waals surface area contributed by atoms with Crippen LogP contribution in [0.1, 0.15) is 21.6 Å². The molecular weight excluding hydrogens is 306 g/mol. The number of fused-ring (bicyclic) bond motifs is 1. The zero-order valence-electron chi connectivity index (χ0n) is 13.9. The molecule has 0 aliphatic rings. The lowest BCUT2D eigenvalue weighted by atomic mass is 10.2. The van der Waals surface area contributed by atoms with Crippen molar-refractivity contribution in [3.05, 3.63) is 59.5 Å². The number of imidazole rings is 1. The molecule has 3 aromatic rings. The Morgan fingerprint density at radius 2 is 2.08 bits per heavy atom. The normalized spacial score (nSPS) is 10.6. The first-order valence-electron chi connectivity index (χ1n) is 7.56. The molecule has 0 unspecified atom stereocenters. The van der Waals surface area contributed by atoms with E-state index in [2.05, 4.69) is 10.3 Å². The zero-order chi connectivity index (χ0) is 17.1. The molecule has 6 heteroatoms. The minimum absolute atomic E-state index is 0.235. The van der Waals surface area contributed by atoms with Crippen LogP contribution < -0.4 is 14.8 Å². The van der Waals surface area contributed by atoms with Gasteiger partial charge in [0.05, 0.1) is 14.2 Å². The second kappa shape index (κ2) is 6.62. The van der Waals surface area contributed by atoms with Crippen molar-refractivity contribution < 1.29 is 14.3 Å². The van der Waals surface area contributed by atoms with Crippen LogP contribution in [0.2, 0.25) is 0 Å². The van der Waals surface area contributed by atoms with Crippen LogP contribution in [-0.2, 0) is 6.54 Å². The van der Waals surface area contributed by atoms with Gasteiger partial charge in [-0.15, -0.1) is 0 Å². The molecule has 1 aromatic carbocycles. The third-order valence-electron chi connectivity index (χ3n) is 3.77. The highest BCUT2D eigenvalue weighted by Crippen LogP contribution is 2.30. The fourth-order valence-corrected chi connectivity index (χ4v) is 2.55. The van der Waals surface area contributed by atoms with E-state index in [1.807, 2.05) is 47.9 Å². The summed E-state index contributed by atoms with van der Waals surface area (Å²) in [6.45, 7) is 2.32. The second-order valence-corrected chi connectivity index (χ2v) is 5.43. The van der Waals surface area contributed by atoms with Crippen molar-refractivity contribution in [2.45, 2.75) is 13.5 Å². The smallest absolute Gasteiger partial charge is 0.271 e. The fraction of sp³-hybridized carbons (Fsp3) is 0.222. The van der Waals surface area contributed by atoms with Crippen molar-refractivity contribution in [2.24, 2.45) is 0 Å². The van der Waals surface area contributed by atoms with Crippen LogP contribution in [0.3, 0.4) is 0 Å². The number of pyridine rings is 1. The summed E-state index contributed by atoms with van der Waals surface area (Å²) in [5, 5.41) is 2.87. The van der Waals surface area contributed by atoms with Crippen molar-refractivity contribution in [1.82, 2.24) is 14.7 Å². The minimum Gasteiger partial charge on any atom is -0.493 e. The van der Waals surface area contributed by atoms with E-state index < -0.39 is 0 Å². The van der Waals surface area contributed by atoms with Gasteiger partial charge in [-0.3, -0.25) is 4.79 Å². The Morgan fingerprint density at radius 1 is 1.25 bits per heavy atom. The average molecular weight is 325 g/mol. The van der Waals surface area contributed by atoms with Crippen LogP contribution in [0.25, 0.3) is 5.65 Å². The predicted molar refractivity (Wildman–Crippen MR) is 90.6 cm³/mol. The zero-order valence-corrected chi connectivity index (χ0v) is 13.9. The molecule has 0 atom stereocenters. The van der Waals surface area contributed by atoms with E-state index in [4.69, 9.17) is 9.47 Å². The van der Waals surface area contributed by atoms with E-state index in [1.54, 1.807) is 20.4 Å². The average Bonchev–Trinajstić information content (AvgIpc) is 3.02. The van der Waals surface area contributed by atoms with Gasteiger partial charge in [-0.2, -0.15) is 0 Å². The number of carbonyl (C=O) groups is 1. The highest BCUT2D eigenvalue weighted by molar-refractivity contribution is 5.92. The first-order chi connectivity index (χ1) is 11.6. The van der Waals surface area contributed by atoms with Crippen molar-refractivity contribution in [3.8, 4) is 11.5 Å². The molecule has 0 fully saturated rings. The van der Waals surface area contributed by atoms with E-state index in [9.17, 15) is 4.79 Å². The molecule has 1 N–H and O–H groups in total. The maximum atomic E-state index is 12.4. The molecule has 0 saturated heterocycles.